The normalized spacial score (nSPS) is 11.2. The summed E-state index contributed by atoms with van der Waals surface area (Å²) in [5, 5.41) is 3.06. The third kappa shape index (κ3) is 6.55. The molecule has 0 aliphatic heterocycles. The second-order valence-electron chi connectivity index (χ2n) is 11.3. The fourth-order valence-electron chi connectivity index (χ4n) is 4.80. The van der Waals surface area contributed by atoms with Gasteiger partial charge in [-0.1, -0.05) is 75.9 Å². The summed E-state index contributed by atoms with van der Waals surface area (Å²) in [5.41, 5.74) is 7.67. The lowest BCUT2D eigenvalue weighted by atomic mass is 9.86. The van der Waals surface area contributed by atoms with E-state index < -0.39 is 0 Å². The summed E-state index contributed by atoms with van der Waals surface area (Å²) in [6.07, 6.45) is 3.88. The van der Waals surface area contributed by atoms with Crippen LogP contribution in [0.2, 0.25) is 0 Å². The molecule has 0 saturated heterocycles. The average molecular weight is 533 g/mol. The van der Waals surface area contributed by atoms with Gasteiger partial charge >= 0.3 is 0 Å². The maximum atomic E-state index is 13.1. The summed E-state index contributed by atoms with van der Waals surface area (Å²) < 4.78 is 1.59. The molecule has 5 heteroatoms. The molecule has 1 aromatic heterocycles. The number of carbonyl (C=O) groups is 2. The largest absolute Gasteiger partial charge is 0.322 e. The molecule has 3 aromatic carbocycles. The standard InChI is InChI=1S/C35H36N2O3/c1-7-30(38)20-25-11-8-10-24(18-25)19-27-21-28(22-37(6)34(27)40)31-12-9-13-32(23(31)2)36-33(39)26-14-16-29(17-15-26)35(3,4)5/h7-18,21-22H,1,19-20H2,2-6H3,(H,36,39). The molecule has 40 heavy (non-hydrogen) atoms. The number of anilines is 1. The minimum absolute atomic E-state index is 0.0158. The molecule has 0 spiro atoms. The monoisotopic (exact) mass is 532 g/mol. The van der Waals surface area contributed by atoms with E-state index in [0.717, 1.165) is 33.5 Å². The van der Waals surface area contributed by atoms with Gasteiger partial charge in [0, 0.05) is 42.9 Å². The predicted octanol–water partition coefficient (Wildman–Crippen LogP) is 6.80. The second kappa shape index (κ2) is 11.7. The minimum atomic E-state index is -0.170. The highest BCUT2D eigenvalue weighted by Gasteiger charge is 2.16. The van der Waals surface area contributed by atoms with Gasteiger partial charge in [-0.2, -0.15) is 0 Å². The van der Waals surface area contributed by atoms with Crippen LogP contribution >= 0.6 is 0 Å². The molecule has 1 N–H and O–H groups in total. The third-order valence-corrected chi connectivity index (χ3v) is 7.16. The Morgan fingerprint density at radius 3 is 2.30 bits per heavy atom. The van der Waals surface area contributed by atoms with Crippen LogP contribution in [-0.2, 0) is 30.1 Å². The Bertz CT molecular complexity index is 1640. The quantitative estimate of drug-likeness (QED) is 0.254. The molecule has 204 valence electrons. The first-order valence-corrected chi connectivity index (χ1v) is 13.4. The van der Waals surface area contributed by atoms with E-state index in [4.69, 9.17) is 0 Å². The highest BCUT2D eigenvalue weighted by Crippen LogP contribution is 2.29. The third-order valence-electron chi connectivity index (χ3n) is 7.16. The molecule has 4 rings (SSSR count). The molecule has 0 unspecified atom stereocenters. The van der Waals surface area contributed by atoms with Crippen molar-refractivity contribution in [3.05, 3.63) is 135 Å². The zero-order valence-corrected chi connectivity index (χ0v) is 23.9. The van der Waals surface area contributed by atoms with E-state index in [-0.39, 0.29) is 29.1 Å². The van der Waals surface area contributed by atoms with Crippen molar-refractivity contribution in [1.29, 1.82) is 0 Å². The highest BCUT2D eigenvalue weighted by atomic mass is 16.1. The molecule has 0 aliphatic rings. The van der Waals surface area contributed by atoms with Crippen LogP contribution in [0.4, 0.5) is 5.69 Å². The van der Waals surface area contributed by atoms with Gasteiger partial charge in [-0.3, -0.25) is 14.4 Å². The number of pyridine rings is 1. The lowest BCUT2D eigenvalue weighted by Gasteiger charge is -2.19. The molecule has 4 aromatic rings. The molecule has 0 atom stereocenters. The number of rotatable bonds is 8. The smallest absolute Gasteiger partial charge is 0.255 e. The van der Waals surface area contributed by atoms with Gasteiger partial charge in [0.05, 0.1) is 0 Å². The van der Waals surface area contributed by atoms with Gasteiger partial charge in [-0.25, -0.2) is 0 Å². The van der Waals surface area contributed by atoms with E-state index in [1.807, 2.05) is 85.9 Å². The Labute approximate surface area is 236 Å². The first kappa shape index (κ1) is 28.5. The lowest BCUT2D eigenvalue weighted by Crippen LogP contribution is -2.21. The highest BCUT2D eigenvalue weighted by molar-refractivity contribution is 6.05. The molecular weight excluding hydrogens is 496 g/mol. The van der Waals surface area contributed by atoms with Crippen molar-refractivity contribution in [3.8, 4) is 11.1 Å². The van der Waals surface area contributed by atoms with Gasteiger partial charge < -0.3 is 9.88 Å². The zero-order valence-electron chi connectivity index (χ0n) is 23.9. The van der Waals surface area contributed by atoms with Crippen molar-refractivity contribution in [2.75, 3.05) is 5.32 Å². The van der Waals surface area contributed by atoms with Crippen LogP contribution in [0.3, 0.4) is 0 Å². The fraction of sp³-hybridized carbons (Fsp3) is 0.229. The van der Waals surface area contributed by atoms with Gasteiger partial charge in [-0.15, -0.1) is 0 Å². The summed E-state index contributed by atoms with van der Waals surface area (Å²) in [6.45, 7) is 11.9. The van der Waals surface area contributed by atoms with E-state index in [2.05, 4.69) is 32.7 Å². The van der Waals surface area contributed by atoms with Gasteiger partial charge in [0.25, 0.3) is 11.5 Å². The number of hydrogen-bond donors (Lipinski definition) is 1. The van der Waals surface area contributed by atoms with Gasteiger partial charge in [0.1, 0.15) is 0 Å². The number of carbonyl (C=O) groups excluding carboxylic acids is 2. The van der Waals surface area contributed by atoms with Crippen molar-refractivity contribution in [3.63, 3.8) is 0 Å². The minimum Gasteiger partial charge on any atom is -0.322 e. The number of ketones is 1. The summed E-state index contributed by atoms with van der Waals surface area (Å²) in [7, 11) is 1.75. The fourth-order valence-corrected chi connectivity index (χ4v) is 4.80. The van der Waals surface area contributed by atoms with E-state index in [1.54, 1.807) is 11.6 Å². The molecule has 0 aliphatic carbocycles. The number of hydrogen-bond acceptors (Lipinski definition) is 3. The van der Waals surface area contributed by atoms with Crippen LogP contribution < -0.4 is 10.9 Å². The predicted molar refractivity (Wildman–Crippen MR) is 163 cm³/mol. The lowest BCUT2D eigenvalue weighted by molar-refractivity contribution is -0.114. The number of allylic oxidation sites excluding steroid dienone is 1. The number of benzene rings is 3. The van der Waals surface area contributed by atoms with Gasteiger partial charge in [-0.05, 0) is 76.1 Å². The summed E-state index contributed by atoms with van der Waals surface area (Å²) in [4.78, 5) is 37.9. The topological polar surface area (TPSA) is 68.2 Å². The Kier molecular flexibility index (Phi) is 8.34. The van der Waals surface area contributed by atoms with Crippen LogP contribution in [-0.4, -0.2) is 16.3 Å². The number of aromatic nitrogens is 1. The van der Waals surface area contributed by atoms with Crippen LogP contribution in [0.1, 0.15) is 58.9 Å². The molecule has 0 bridgehead atoms. The van der Waals surface area contributed by atoms with E-state index >= 15 is 0 Å². The average Bonchev–Trinajstić information content (AvgIpc) is 2.92. The maximum Gasteiger partial charge on any atom is 0.255 e. The number of aryl methyl sites for hydroxylation is 1. The van der Waals surface area contributed by atoms with Crippen LogP contribution in [0, 0.1) is 6.92 Å². The summed E-state index contributed by atoms with van der Waals surface area (Å²) >= 11 is 0. The molecule has 1 heterocycles. The van der Waals surface area contributed by atoms with Crippen molar-refractivity contribution in [2.45, 2.75) is 46.0 Å². The van der Waals surface area contributed by atoms with Crippen molar-refractivity contribution >= 4 is 17.4 Å². The summed E-state index contributed by atoms with van der Waals surface area (Å²) in [6, 6.07) is 23.2. The van der Waals surface area contributed by atoms with Crippen molar-refractivity contribution in [1.82, 2.24) is 4.57 Å². The Morgan fingerprint density at radius 2 is 1.62 bits per heavy atom. The van der Waals surface area contributed by atoms with Gasteiger partial charge in [0.2, 0.25) is 0 Å². The van der Waals surface area contributed by atoms with Crippen LogP contribution in [0.5, 0.6) is 0 Å². The van der Waals surface area contributed by atoms with Crippen LogP contribution in [0.25, 0.3) is 11.1 Å². The first-order valence-electron chi connectivity index (χ1n) is 13.4. The Morgan fingerprint density at radius 1 is 0.950 bits per heavy atom. The number of amides is 1. The zero-order chi connectivity index (χ0) is 29.0. The van der Waals surface area contributed by atoms with Crippen LogP contribution in [0.15, 0.2) is 96.4 Å². The maximum absolute atomic E-state index is 13.1. The molecule has 5 nitrogen and oxygen atoms in total. The SMILES string of the molecule is C=CC(=O)Cc1cccc(Cc2cc(-c3cccc(NC(=O)c4ccc(C(C)(C)C)cc4)c3C)cn(C)c2=O)c1. The number of nitrogens with one attached hydrogen (secondary N) is 1. The van der Waals surface area contributed by atoms with E-state index in [9.17, 15) is 14.4 Å². The van der Waals surface area contributed by atoms with E-state index in [0.29, 0.717) is 17.5 Å². The molecular formula is C35H36N2O3. The molecule has 0 fully saturated rings. The molecule has 0 radical (unpaired) electrons. The number of nitrogens with zero attached hydrogens (tertiary/aromatic N) is 1. The summed E-state index contributed by atoms with van der Waals surface area (Å²) in [5.74, 6) is -0.212. The van der Waals surface area contributed by atoms with Crippen molar-refractivity contribution < 1.29 is 9.59 Å². The Hall–Kier alpha value is -4.51. The van der Waals surface area contributed by atoms with Gasteiger partial charge in [0.15, 0.2) is 5.78 Å². The molecule has 1 amide bonds. The van der Waals surface area contributed by atoms with E-state index in [1.165, 1.54) is 11.6 Å². The van der Waals surface area contributed by atoms with Crippen molar-refractivity contribution in [2.24, 2.45) is 7.05 Å². The second-order valence-corrected chi connectivity index (χ2v) is 11.3. The Balaban J connectivity index is 1.61. The first-order chi connectivity index (χ1) is 19.0. The molecule has 0 saturated carbocycles.